The van der Waals surface area contributed by atoms with Gasteiger partial charge in [-0.3, -0.25) is 4.79 Å². The summed E-state index contributed by atoms with van der Waals surface area (Å²) in [5.74, 6) is 0.786. The summed E-state index contributed by atoms with van der Waals surface area (Å²) in [6.07, 6.45) is 8.36. The molecule has 1 aliphatic heterocycles. The second-order valence-electron chi connectivity index (χ2n) is 8.80. The minimum Gasteiger partial charge on any atom is -0.492 e. The van der Waals surface area contributed by atoms with Crippen molar-refractivity contribution in [1.29, 1.82) is 0 Å². The molecule has 1 saturated carbocycles. The maximum atomic E-state index is 13.8. The summed E-state index contributed by atoms with van der Waals surface area (Å²) in [7, 11) is 3.26. The van der Waals surface area contributed by atoms with E-state index in [9.17, 15) is 9.18 Å². The van der Waals surface area contributed by atoms with Gasteiger partial charge < -0.3 is 19.5 Å². The first-order chi connectivity index (χ1) is 16.0. The van der Waals surface area contributed by atoms with Crippen molar-refractivity contribution in [3.63, 3.8) is 0 Å². The van der Waals surface area contributed by atoms with Gasteiger partial charge in [-0.25, -0.2) is 9.97 Å². The number of rotatable bonds is 7. The number of benzene rings is 1. The van der Waals surface area contributed by atoms with Gasteiger partial charge in [0.2, 0.25) is 5.95 Å². The molecule has 0 spiro atoms. The number of amides is 1. The molecule has 8 heteroatoms. The van der Waals surface area contributed by atoms with Crippen LogP contribution in [0.15, 0.2) is 36.8 Å². The van der Waals surface area contributed by atoms with E-state index in [-0.39, 0.29) is 17.7 Å². The van der Waals surface area contributed by atoms with Gasteiger partial charge in [0.1, 0.15) is 0 Å². The van der Waals surface area contributed by atoms with Gasteiger partial charge in [-0.1, -0.05) is 6.07 Å². The Labute approximate surface area is 192 Å². The fourth-order valence-corrected chi connectivity index (χ4v) is 4.79. The summed E-state index contributed by atoms with van der Waals surface area (Å²) in [4.78, 5) is 23.7. The number of carbonyl (C=O) groups excluding carboxylic acids is 1. The van der Waals surface area contributed by atoms with Crippen molar-refractivity contribution in [2.75, 3.05) is 26.0 Å². The molecule has 2 aliphatic rings. The van der Waals surface area contributed by atoms with Crippen molar-refractivity contribution in [2.45, 2.75) is 44.7 Å². The highest BCUT2D eigenvalue weighted by atomic mass is 19.1. The molecule has 1 amide bonds. The number of aromatic nitrogens is 3. The van der Waals surface area contributed by atoms with Crippen molar-refractivity contribution < 1.29 is 13.9 Å². The molecule has 0 unspecified atom stereocenters. The first-order valence-corrected chi connectivity index (χ1v) is 11.3. The average Bonchev–Trinajstić information content (AvgIpc) is 3.58. The van der Waals surface area contributed by atoms with Gasteiger partial charge in [-0.15, -0.1) is 0 Å². The number of ether oxygens (including phenoxy) is 1. The van der Waals surface area contributed by atoms with Crippen LogP contribution in [0, 0.1) is 5.95 Å². The van der Waals surface area contributed by atoms with Crippen molar-refractivity contribution in [3.05, 3.63) is 70.6 Å². The molecule has 33 heavy (non-hydrogen) atoms. The van der Waals surface area contributed by atoms with Gasteiger partial charge in [0.15, 0.2) is 5.75 Å². The van der Waals surface area contributed by atoms with E-state index in [1.54, 1.807) is 12.3 Å². The fraction of sp³-hybridized carbons (Fsp3) is 0.400. The molecule has 1 atom stereocenters. The van der Waals surface area contributed by atoms with Crippen LogP contribution >= 0.6 is 0 Å². The summed E-state index contributed by atoms with van der Waals surface area (Å²) in [5.41, 5.74) is 5.13. The zero-order valence-corrected chi connectivity index (χ0v) is 19.1. The Morgan fingerprint density at radius 1 is 1.27 bits per heavy atom. The van der Waals surface area contributed by atoms with Crippen LogP contribution in [0.2, 0.25) is 0 Å². The quantitative estimate of drug-likeness (QED) is 0.549. The molecule has 2 aromatic heterocycles. The van der Waals surface area contributed by atoms with E-state index in [2.05, 4.69) is 21.4 Å². The van der Waals surface area contributed by atoms with Gasteiger partial charge in [-0.05, 0) is 66.5 Å². The molecule has 172 valence electrons. The number of methoxy groups -OCH3 is 1. The van der Waals surface area contributed by atoms with Crippen molar-refractivity contribution in [1.82, 2.24) is 19.4 Å². The molecule has 3 heterocycles. The first-order valence-electron chi connectivity index (χ1n) is 11.3. The molecule has 0 bridgehead atoms. The van der Waals surface area contributed by atoms with Crippen molar-refractivity contribution in [2.24, 2.45) is 0 Å². The Hall–Kier alpha value is -3.42. The Morgan fingerprint density at radius 3 is 2.82 bits per heavy atom. The van der Waals surface area contributed by atoms with E-state index < -0.39 is 5.95 Å². The summed E-state index contributed by atoms with van der Waals surface area (Å²) in [6.45, 7) is 3.22. The number of anilines is 1. The van der Waals surface area contributed by atoms with Crippen LogP contribution in [0.4, 0.5) is 10.3 Å². The van der Waals surface area contributed by atoms with Crippen LogP contribution in [-0.4, -0.2) is 46.0 Å². The second-order valence-corrected chi connectivity index (χ2v) is 8.80. The van der Waals surface area contributed by atoms with E-state index >= 15 is 0 Å². The summed E-state index contributed by atoms with van der Waals surface area (Å²) >= 11 is 0. The monoisotopic (exact) mass is 449 g/mol. The molecule has 3 aromatic rings. The van der Waals surface area contributed by atoms with Crippen LogP contribution in [-0.2, 0) is 13.0 Å². The van der Waals surface area contributed by atoms with Gasteiger partial charge in [0.05, 0.1) is 19.7 Å². The maximum absolute atomic E-state index is 13.8. The van der Waals surface area contributed by atoms with Crippen LogP contribution < -0.4 is 10.1 Å². The molecular formula is C25H28FN5O2. The number of imidazole rings is 1. The summed E-state index contributed by atoms with van der Waals surface area (Å²) < 4.78 is 20.9. The van der Waals surface area contributed by atoms with E-state index in [4.69, 9.17) is 4.74 Å². The summed E-state index contributed by atoms with van der Waals surface area (Å²) in [5, 5.41) is 3.10. The van der Waals surface area contributed by atoms with Crippen LogP contribution in [0.3, 0.4) is 0 Å². The molecule has 0 saturated heterocycles. The Morgan fingerprint density at radius 2 is 2.09 bits per heavy atom. The summed E-state index contributed by atoms with van der Waals surface area (Å²) in [6, 6.07) is 5.69. The van der Waals surface area contributed by atoms with Crippen LogP contribution in [0.25, 0.3) is 0 Å². The lowest BCUT2D eigenvalue weighted by Crippen LogP contribution is -2.40. The largest absolute Gasteiger partial charge is 0.492 e. The third-order valence-electron chi connectivity index (χ3n) is 6.75. The van der Waals surface area contributed by atoms with Gasteiger partial charge >= 0.3 is 0 Å². The maximum Gasteiger partial charge on any atom is 0.255 e. The van der Waals surface area contributed by atoms with Crippen molar-refractivity contribution >= 4 is 11.9 Å². The average molecular weight is 450 g/mol. The highest BCUT2D eigenvalue weighted by molar-refractivity contribution is 5.97. The lowest BCUT2D eigenvalue weighted by atomic mass is 9.88. The molecule has 1 fully saturated rings. The first kappa shape index (κ1) is 21.4. The molecule has 7 nitrogen and oxygen atoms in total. The standard InChI is InChI=1S/C25H28FN5O2/c1-15(18-12-22(33-3)23(26)29-13-18)31-8-6-19-20(17-4-5-17)10-16(11-21(19)24(31)32)14-30-9-7-28-25(30)27-2/h7,9-13,15,17H,4-6,8,14H2,1-3H3,(H,27,28)/t15-/m0/s1. The number of hydrogen-bond acceptors (Lipinski definition) is 5. The Balaban J connectivity index is 1.48. The Kier molecular flexibility index (Phi) is 5.52. The normalized spacial score (nSPS) is 16.5. The lowest BCUT2D eigenvalue weighted by molar-refractivity contribution is 0.0671. The van der Waals surface area contributed by atoms with E-state index in [0.29, 0.717) is 19.0 Å². The van der Waals surface area contributed by atoms with Gasteiger partial charge in [0, 0.05) is 37.7 Å². The number of nitrogens with one attached hydrogen (secondary N) is 1. The van der Waals surface area contributed by atoms with Crippen molar-refractivity contribution in [3.8, 4) is 5.75 Å². The molecular weight excluding hydrogens is 421 g/mol. The fourth-order valence-electron chi connectivity index (χ4n) is 4.79. The second kappa shape index (κ2) is 8.50. The minimum atomic E-state index is -0.650. The number of hydrogen-bond donors (Lipinski definition) is 1. The Bertz CT molecular complexity index is 1200. The molecule has 0 radical (unpaired) electrons. The van der Waals surface area contributed by atoms with Crippen LogP contribution in [0.5, 0.6) is 5.75 Å². The molecule has 1 aliphatic carbocycles. The highest BCUT2D eigenvalue weighted by Gasteiger charge is 2.34. The number of nitrogens with zero attached hydrogens (tertiary/aromatic N) is 4. The minimum absolute atomic E-state index is 0.00950. The van der Waals surface area contributed by atoms with Gasteiger partial charge in [-0.2, -0.15) is 4.39 Å². The molecule has 1 aromatic carbocycles. The van der Waals surface area contributed by atoms with E-state index in [1.807, 2.05) is 35.7 Å². The topological polar surface area (TPSA) is 72.3 Å². The predicted octanol–water partition coefficient (Wildman–Crippen LogP) is 4.15. The van der Waals surface area contributed by atoms with E-state index in [0.717, 1.165) is 29.1 Å². The van der Waals surface area contributed by atoms with Crippen LogP contribution in [0.1, 0.15) is 64.3 Å². The molecule has 1 N–H and O–H groups in total. The highest BCUT2D eigenvalue weighted by Crippen LogP contribution is 2.44. The third-order valence-corrected chi connectivity index (χ3v) is 6.75. The zero-order valence-electron chi connectivity index (χ0n) is 19.1. The zero-order chi connectivity index (χ0) is 23.1. The number of halogens is 1. The third kappa shape index (κ3) is 3.94. The predicted molar refractivity (Wildman–Crippen MR) is 123 cm³/mol. The smallest absolute Gasteiger partial charge is 0.255 e. The lowest BCUT2D eigenvalue weighted by Gasteiger charge is -2.35. The molecule has 5 rings (SSSR count). The SMILES string of the molecule is CNc1nccn1Cc1cc2c(c(C3CC3)c1)CCN([C@@H](C)c1cnc(F)c(OC)c1)C2=O. The number of carbonyl (C=O) groups is 1. The number of fused-ring (bicyclic) bond motifs is 1. The van der Waals surface area contributed by atoms with Gasteiger partial charge in [0.25, 0.3) is 11.9 Å². The van der Waals surface area contributed by atoms with E-state index in [1.165, 1.54) is 37.3 Å². The number of pyridine rings is 1.